The summed E-state index contributed by atoms with van der Waals surface area (Å²) in [5.74, 6) is 0. The van der Waals surface area contributed by atoms with E-state index >= 15 is 0 Å². The van der Waals surface area contributed by atoms with Gasteiger partial charge in [0.2, 0.25) is 0 Å². The second kappa shape index (κ2) is 5.68. The van der Waals surface area contributed by atoms with Crippen LogP contribution in [0.15, 0.2) is 0 Å². The van der Waals surface area contributed by atoms with E-state index in [0.29, 0.717) is 6.10 Å². The Balaban J connectivity index is 2.71. The zero-order valence-electron chi connectivity index (χ0n) is 12.4. The highest BCUT2D eigenvalue weighted by Crippen LogP contribution is 2.38. The van der Waals surface area contributed by atoms with Crippen molar-refractivity contribution in [2.75, 3.05) is 26.9 Å². The largest absolute Gasteiger partial charge is 0.381 e. The van der Waals surface area contributed by atoms with Gasteiger partial charge in [0.05, 0.1) is 12.7 Å². The second-order valence-corrected chi connectivity index (χ2v) is 6.24. The molecule has 1 aliphatic rings. The molecular formula is C14H29NO2. The van der Waals surface area contributed by atoms with E-state index in [1.807, 2.05) is 14.0 Å². The van der Waals surface area contributed by atoms with Crippen LogP contribution in [0.3, 0.4) is 0 Å². The average Bonchev–Trinajstić information content (AvgIpc) is 2.20. The number of hydrogen-bond acceptors (Lipinski definition) is 3. The third-order valence-corrected chi connectivity index (χ3v) is 3.91. The van der Waals surface area contributed by atoms with Gasteiger partial charge in [-0.25, -0.2) is 0 Å². The molecule has 1 aliphatic heterocycles. The molecule has 0 saturated carbocycles. The molecule has 0 aromatic carbocycles. The van der Waals surface area contributed by atoms with E-state index in [1.165, 1.54) is 0 Å². The Morgan fingerprint density at radius 3 is 2.06 bits per heavy atom. The molecule has 0 aliphatic carbocycles. The Labute approximate surface area is 106 Å². The topological polar surface area (TPSA) is 21.7 Å². The van der Waals surface area contributed by atoms with Crippen LogP contribution in [0.4, 0.5) is 0 Å². The van der Waals surface area contributed by atoms with Crippen LogP contribution < -0.4 is 0 Å². The number of nitrogens with zero attached hydrogens (tertiary/aromatic N) is 1. The van der Waals surface area contributed by atoms with Crippen molar-refractivity contribution in [3.05, 3.63) is 0 Å². The molecule has 1 saturated heterocycles. The van der Waals surface area contributed by atoms with E-state index in [0.717, 1.165) is 32.6 Å². The quantitative estimate of drug-likeness (QED) is 0.693. The molecule has 0 unspecified atom stereocenters. The van der Waals surface area contributed by atoms with Crippen LogP contribution in [-0.2, 0) is 9.47 Å². The van der Waals surface area contributed by atoms with Gasteiger partial charge in [0.25, 0.3) is 0 Å². The van der Waals surface area contributed by atoms with E-state index in [9.17, 15) is 0 Å². The number of likely N-dealkylation sites (tertiary alicyclic amines) is 1. The van der Waals surface area contributed by atoms with E-state index in [2.05, 4.69) is 32.6 Å². The van der Waals surface area contributed by atoms with Crippen molar-refractivity contribution in [3.63, 3.8) is 0 Å². The Hall–Kier alpha value is -0.120. The number of rotatable bonds is 5. The van der Waals surface area contributed by atoms with Gasteiger partial charge in [-0.05, 0) is 47.5 Å². The SMILES string of the molecule is CCOCCN1C(C)(C)CC(OC)CC1(C)C. The van der Waals surface area contributed by atoms with Crippen molar-refractivity contribution in [2.45, 2.75) is 64.6 Å². The molecule has 0 bridgehead atoms. The highest BCUT2D eigenvalue weighted by atomic mass is 16.5. The standard InChI is InChI=1S/C14H29NO2/c1-7-17-9-8-15-13(2,3)10-12(16-6)11-14(15,4)5/h12H,7-11H2,1-6H3. The fraction of sp³-hybridized carbons (Fsp3) is 1.00. The zero-order chi connectivity index (χ0) is 13.1. The molecule has 102 valence electrons. The lowest BCUT2D eigenvalue weighted by Gasteiger charge is -2.55. The molecule has 1 rings (SSSR count). The van der Waals surface area contributed by atoms with Crippen LogP contribution in [0.25, 0.3) is 0 Å². The number of piperidine rings is 1. The number of ether oxygens (including phenoxy) is 2. The van der Waals surface area contributed by atoms with Gasteiger partial charge in [0.1, 0.15) is 0 Å². The summed E-state index contributed by atoms with van der Waals surface area (Å²) in [6.07, 6.45) is 2.57. The minimum Gasteiger partial charge on any atom is -0.381 e. The third-order valence-electron chi connectivity index (χ3n) is 3.91. The van der Waals surface area contributed by atoms with E-state index in [4.69, 9.17) is 9.47 Å². The Kier molecular flexibility index (Phi) is 4.99. The summed E-state index contributed by atoms with van der Waals surface area (Å²) in [7, 11) is 1.83. The Morgan fingerprint density at radius 2 is 1.65 bits per heavy atom. The minimum atomic E-state index is 0.180. The molecule has 3 heteroatoms. The molecule has 0 aromatic heterocycles. The fourth-order valence-electron chi connectivity index (χ4n) is 3.30. The maximum Gasteiger partial charge on any atom is 0.0606 e. The molecule has 0 N–H and O–H groups in total. The second-order valence-electron chi connectivity index (χ2n) is 6.24. The normalized spacial score (nSPS) is 25.1. The summed E-state index contributed by atoms with van der Waals surface area (Å²) in [6.45, 7) is 13.9. The van der Waals surface area contributed by atoms with Gasteiger partial charge in [-0.1, -0.05) is 0 Å². The van der Waals surface area contributed by atoms with Crippen molar-refractivity contribution in [1.82, 2.24) is 4.90 Å². The molecule has 0 radical (unpaired) electrons. The lowest BCUT2D eigenvalue weighted by atomic mass is 9.78. The molecule has 0 atom stereocenters. The summed E-state index contributed by atoms with van der Waals surface area (Å²) in [5, 5.41) is 0. The van der Waals surface area contributed by atoms with Crippen LogP contribution in [-0.4, -0.2) is 49.0 Å². The van der Waals surface area contributed by atoms with Crippen molar-refractivity contribution in [2.24, 2.45) is 0 Å². The monoisotopic (exact) mass is 243 g/mol. The predicted octanol–water partition coefficient (Wildman–Crippen LogP) is 2.69. The van der Waals surface area contributed by atoms with Gasteiger partial charge in [-0.2, -0.15) is 0 Å². The molecule has 0 spiro atoms. The first kappa shape index (κ1) is 14.9. The zero-order valence-corrected chi connectivity index (χ0v) is 12.4. The summed E-state index contributed by atoms with van der Waals surface area (Å²) in [6, 6.07) is 0. The highest BCUT2D eigenvalue weighted by Gasteiger charge is 2.44. The third kappa shape index (κ3) is 3.67. The first-order valence-electron chi connectivity index (χ1n) is 6.72. The van der Waals surface area contributed by atoms with Gasteiger partial charge >= 0.3 is 0 Å². The van der Waals surface area contributed by atoms with Gasteiger partial charge in [-0.15, -0.1) is 0 Å². The molecule has 0 aromatic rings. The minimum absolute atomic E-state index is 0.180. The maximum absolute atomic E-state index is 5.58. The number of methoxy groups -OCH3 is 1. The van der Waals surface area contributed by atoms with Gasteiger partial charge in [0.15, 0.2) is 0 Å². The summed E-state index contributed by atoms with van der Waals surface area (Å²) < 4.78 is 11.1. The van der Waals surface area contributed by atoms with Gasteiger partial charge in [0, 0.05) is 31.3 Å². The van der Waals surface area contributed by atoms with Crippen molar-refractivity contribution in [3.8, 4) is 0 Å². The Bertz CT molecular complexity index is 220. The average molecular weight is 243 g/mol. The lowest BCUT2D eigenvalue weighted by Crippen LogP contribution is -2.62. The van der Waals surface area contributed by atoms with E-state index in [-0.39, 0.29) is 11.1 Å². The summed E-state index contributed by atoms with van der Waals surface area (Å²) >= 11 is 0. The van der Waals surface area contributed by atoms with Crippen LogP contribution in [0, 0.1) is 0 Å². The smallest absolute Gasteiger partial charge is 0.0606 e. The van der Waals surface area contributed by atoms with Crippen molar-refractivity contribution >= 4 is 0 Å². The Morgan fingerprint density at radius 1 is 1.12 bits per heavy atom. The van der Waals surface area contributed by atoms with E-state index in [1.54, 1.807) is 0 Å². The van der Waals surface area contributed by atoms with Crippen LogP contribution in [0.5, 0.6) is 0 Å². The predicted molar refractivity (Wildman–Crippen MR) is 71.4 cm³/mol. The van der Waals surface area contributed by atoms with Crippen LogP contribution >= 0.6 is 0 Å². The molecule has 1 fully saturated rings. The molecule has 3 nitrogen and oxygen atoms in total. The van der Waals surface area contributed by atoms with Crippen LogP contribution in [0.2, 0.25) is 0 Å². The molecule has 17 heavy (non-hydrogen) atoms. The molecular weight excluding hydrogens is 214 g/mol. The highest BCUT2D eigenvalue weighted by molar-refractivity contribution is 5.00. The van der Waals surface area contributed by atoms with Crippen LogP contribution in [0.1, 0.15) is 47.5 Å². The molecule has 1 heterocycles. The fourth-order valence-corrected chi connectivity index (χ4v) is 3.30. The maximum atomic E-state index is 5.58. The summed E-state index contributed by atoms with van der Waals surface area (Å²) in [4.78, 5) is 2.57. The summed E-state index contributed by atoms with van der Waals surface area (Å²) in [5.41, 5.74) is 0.360. The molecule has 0 amide bonds. The number of hydrogen-bond donors (Lipinski definition) is 0. The van der Waals surface area contributed by atoms with Crippen molar-refractivity contribution in [1.29, 1.82) is 0 Å². The first-order valence-corrected chi connectivity index (χ1v) is 6.72. The lowest BCUT2D eigenvalue weighted by molar-refractivity contribution is -0.100. The van der Waals surface area contributed by atoms with Gasteiger partial charge < -0.3 is 9.47 Å². The van der Waals surface area contributed by atoms with E-state index < -0.39 is 0 Å². The first-order chi connectivity index (χ1) is 7.83. The van der Waals surface area contributed by atoms with Gasteiger partial charge in [-0.3, -0.25) is 4.90 Å². The van der Waals surface area contributed by atoms with Crippen molar-refractivity contribution < 1.29 is 9.47 Å².